The number of Topliss-reactive ketones (excluding diaryl/α,β-unsaturated/α-hetero) is 1. The number of hydrogen-bond acceptors (Lipinski definition) is 6. The van der Waals surface area contributed by atoms with Crippen LogP contribution in [0.2, 0.25) is 0 Å². The zero-order chi connectivity index (χ0) is 20.5. The Hall–Kier alpha value is -1.19. The number of hydrogen-bond donors (Lipinski definition) is 1. The van der Waals surface area contributed by atoms with Crippen molar-refractivity contribution in [2.75, 3.05) is 6.61 Å². The van der Waals surface area contributed by atoms with Gasteiger partial charge in [-0.05, 0) is 45.4 Å². The smallest absolute Gasteiger partial charge is 0.417 e. The van der Waals surface area contributed by atoms with E-state index in [-0.39, 0.29) is 24.9 Å². The number of fused-ring (bicyclic) bond motifs is 1. The lowest BCUT2D eigenvalue weighted by Crippen LogP contribution is -2.60. The topological polar surface area (TPSA) is 82.1 Å². The Morgan fingerprint density at radius 2 is 1.86 bits per heavy atom. The fourth-order valence-electron chi connectivity index (χ4n) is 4.49. The van der Waals surface area contributed by atoms with Crippen LogP contribution in [0.3, 0.4) is 0 Å². The number of carbonyl (C=O) groups is 2. The summed E-state index contributed by atoms with van der Waals surface area (Å²) in [4.78, 5) is 24.6. The summed E-state index contributed by atoms with van der Waals surface area (Å²) in [5, 5.41) is 9.72. The van der Waals surface area contributed by atoms with Crippen molar-refractivity contribution < 1.29 is 42.1 Å². The number of esters is 1. The molecule has 0 aromatic carbocycles. The number of rotatable bonds is 4. The van der Waals surface area contributed by atoms with Crippen molar-refractivity contribution in [1.29, 1.82) is 0 Å². The summed E-state index contributed by atoms with van der Waals surface area (Å²) >= 11 is 0. The summed E-state index contributed by atoms with van der Waals surface area (Å²) < 4.78 is 56.5. The molecule has 5 atom stereocenters. The minimum Gasteiger partial charge on any atom is -0.466 e. The van der Waals surface area contributed by atoms with E-state index in [1.54, 1.807) is 6.92 Å². The highest BCUT2D eigenvalue weighted by Gasteiger charge is 2.57. The molecule has 160 valence electrons. The number of halogens is 3. The van der Waals surface area contributed by atoms with E-state index in [1.165, 1.54) is 0 Å². The average Bonchev–Trinajstić information content (AvgIpc) is 2.63. The predicted molar refractivity (Wildman–Crippen MR) is 90.3 cm³/mol. The average molecular weight is 408 g/mol. The van der Waals surface area contributed by atoms with Gasteiger partial charge in [-0.2, -0.15) is 13.2 Å². The van der Waals surface area contributed by atoms with Crippen LogP contribution in [0.15, 0.2) is 0 Å². The standard InChI is InChI=1S/C19H27F3O6/c1-2-26-18(25)10-3-6-12(7-4-10)27-16-15(24)13-8-5-11(23)9-14(13)28-17(16)19(20,21)22/h10-14,16-17,23H,2-9H2,1H3. The van der Waals surface area contributed by atoms with Gasteiger partial charge in [-0.25, -0.2) is 0 Å². The maximum Gasteiger partial charge on any atom is 0.417 e. The molecule has 3 rings (SSSR count). The summed E-state index contributed by atoms with van der Waals surface area (Å²) in [6.07, 6.45) is -8.57. The third-order valence-corrected chi connectivity index (χ3v) is 5.96. The van der Waals surface area contributed by atoms with Gasteiger partial charge in [-0.15, -0.1) is 0 Å². The molecule has 5 unspecified atom stereocenters. The largest absolute Gasteiger partial charge is 0.466 e. The van der Waals surface area contributed by atoms with Crippen LogP contribution < -0.4 is 0 Å². The summed E-state index contributed by atoms with van der Waals surface area (Å²) in [7, 11) is 0. The van der Waals surface area contributed by atoms with Gasteiger partial charge < -0.3 is 19.3 Å². The molecule has 0 amide bonds. The Balaban J connectivity index is 1.65. The van der Waals surface area contributed by atoms with Gasteiger partial charge in [-0.1, -0.05) is 0 Å². The number of alkyl halides is 3. The van der Waals surface area contributed by atoms with Gasteiger partial charge in [0.25, 0.3) is 0 Å². The van der Waals surface area contributed by atoms with E-state index in [0.29, 0.717) is 38.5 Å². The molecule has 28 heavy (non-hydrogen) atoms. The molecule has 0 radical (unpaired) electrons. The van der Waals surface area contributed by atoms with E-state index in [4.69, 9.17) is 14.2 Å². The van der Waals surface area contributed by atoms with Gasteiger partial charge >= 0.3 is 12.1 Å². The van der Waals surface area contributed by atoms with Crippen LogP contribution in [0, 0.1) is 11.8 Å². The molecule has 1 N–H and O–H groups in total. The molecule has 0 aromatic heterocycles. The second kappa shape index (κ2) is 8.67. The van der Waals surface area contributed by atoms with Crippen LogP contribution in [-0.4, -0.2) is 60.2 Å². The highest BCUT2D eigenvalue weighted by Crippen LogP contribution is 2.41. The third kappa shape index (κ3) is 4.68. The molecule has 0 spiro atoms. The minimum absolute atomic E-state index is 0.0281. The van der Waals surface area contributed by atoms with Crippen molar-refractivity contribution in [1.82, 2.24) is 0 Å². The van der Waals surface area contributed by atoms with Crippen LogP contribution in [0.4, 0.5) is 13.2 Å². The molecule has 3 fully saturated rings. The van der Waals surface area contributed by atoms with Crippen LogP contribution in [0.25, 0.3) is 0 Å². The normalized spacial score (nSPS) is 39.3. The molecular weight excluding hydrogens is 381 g/mol. The van der Waals surface area contributed by atoms with E-state index in [9.17, 15) is 27.9 Å². The lowest BCUT2D eigenvalue weighted by molar-refractivity contribution is -0.288. The highest BCUT2D eigenvalue weighted by atomic mass is 19.4. The zero-order valence-electron chi connectivity index (χ0n) is 15.8. The number of carbonyl (C=O) groups excluding carboxylic acids is 2. The highest BCUT2D eigenvalue weighted by molar-refractivity contribution is 5.87. The van der Waals surface area contributed by atoms with E-state index in [2.05, 4.69) is 0 Å². The molecule has 6 nitrogen and oxygen atoms in total. The summed E-state index contributed by atoms with van der Waals surface area (Å²) in [6, 6.07) is 0. The molecule has 2 saturated carbocycles. The first kappa shape index (κ1) is 21.5. The van der Waals surface area contributed by atoms with Crippen LogP contribution in [0.5, 0.6) is 0 Å². The van der Waals surface area contributed by atoms with Crippen molar-refractivity contribution in [3.8, 4) is 0 Å². The fraction of sp³-hybridized carbons (Fsp3) is 0.895. The van der Waals surface area contributed by atoms with Gasteiger partial charge in [0.1, 0.15) is 0 Å². The molecule has 3 aliphatic rings. The minimum atomic E-state index is -4.74. The Kier molecular flexibility index (Phi) is 6.66. The molecule has 0 bridgehead atoms. The molecule has 9 heteroatoms. The van der Waals surface area contributed by atoms with Gasteiger partial charge in [0.2, 0.25) is 0 Å². The Labute approximate surface area is 161 Å². The van der Waals surface area contributed by atoms with Crippen LogP contribution in [0.1, 0.15) is 51.9 Å². The Morgan fingerprint density at radius 1 is 1.18 bits per heavy atom. The first-order valence-electron chi connectivity index (χ1n) is 9.96. The number of aliphatic hydroxyl groups is 1. The predicted octanol–water partition coefficient (Wildman–Crippen LogP) is 2.55. The van der Waals surface area contributed by atoms with Crippen molar-refractivity contribution >= 4 is 11.8 Å². The zero-order valence-corrected chi connectivity index (χ0v) is 15.8. The first-order valence-corrected chi connectivity index (χ1v) is 9.96. The fourth-order valence-corrected chi connectivity index (χ4v) is 4.49. The molecule has 2 aliphatic carbocycles. The Bertz CT molecular complexity index is 573. The monoisotopic (exact) mass is 408 g/mol. The maximum absolute atomic E-state index is 13.5. The van der Waals surface area contributed by atoms with Crippen molar-refractivity contribution in [2.24, 2.45) is 11.8 Å². The lowest BCUT2D eigenvalue weighted by Gasteiger charge is -2.45. The van der Waals surface area contributed by atoms with Gasteiger partial charge in [-0.3, -0.25) is 9.59 Å². The quantitative estimate of drug-likeness (QED) is 0.720. The molecule has 1 aliphatic heterocycles. The number of aliphatic hydroxyl groups excluding tert-OH is 1. The number of ether oxygens (including phenoxy) is 3. The summed E-state index contributed by atoms with van der Waals surface area (Å²) in [5.41, 5.74) is 0. The van der Waals surface area contributed by atoms with Crippen LogP contribution in [-0.2, 0) is 23.8 Å². The third-order valence-electron chi connectivity index (χ3n) is 5.96. The van der Waals surface area contributed by atoms with Crippen molar-refractivity contribution in [2.45, 2.75) is 88.6 Å². The van der Waals surface area contributed by atoms with Crippen molar-refractivity contribution in [3.63, 3.8) is 0 Å². The van der Waals surface area contributed by atoms with E-state index >= 15 is 0 Å². The first-order chi connectivity index (χ1) is 13.2. The SMILES string of the molecule is CCOC(=O)C1CCC(OC2C(=O)C3CCC(O)CC3OC2C(F)(F)F)CC1. The van der Waals surface area contributed by atoms with E-state index in [1.807, 2.05) is 0 Å². The maximum atomic E-state index is 13.5. The second-order valence-electron chi connectivity index (χ2n) is 7.89. The molecular formula is C19H27F3O6. The molecule has 0 aromatic rings. The summed E-state index contributed by atoms with van der Waals surface area (Å²) in [5.74, 6) is -1.84. The van der Waals surface area contributed by atoms with E-state index in [0.717, 1.165) is 0 Å². The van der Waals surface area contributed by atoms with Gasteiger partial charge in [0.15, 0.2) is 18.0 Å². The molecule has 1 heterocycles. The Morgan fingerprint density at radius 3 is 2.46 bits per heavy atom. The summed E-state index contributed by atoms with van der Waals surface area (Å²) in [6.45, 7) is 2.00. The lowest BCUT2D eigenvalue weighted by atomic mass is 9.77. The van der Waals surface area contributed by atoms with Gasteiger partial charge in [0, 0.05) is 12.3 Å². The van der Waals surface area contributed by atoms with E-state index < -0.39 is 48.4 Å². The van der Waals surface area contributed by atoms with Crippen molar-refractivity contribution in [3.05, 3.63) is 0 Å². The molecule has 1 saturated heterocycles. The number of ketones is 1. The van der Waals surface area contributed by atoms with Crippen LogP contribution >= 0.6 is 0 Å². The van der Waals surface area contributed by atoms with Gasteiger partial charge in [0.05, 0.1) is 30.8 Å². The second-order valence-corrected chi connectivity index (χ2v) is 7.89.